The van der Waals surface area contributed by atoms with Gasteiger partial charge in [0.2, 0.25) is 0 Å². The number of carbonyl (C=O) groups is 2. The predicted molar refractivity (Wildman–Crippen MR) is 111 cm³/mol. The highest BCUT2D eigenvalue weighted by atomic mass is 79.9. The second kappa shape index (κ2) is 7.91. The molecule has 1 N–H and O–H groups in total. The molecule has 0 saturated heterocycles. The van der Waals surface area contributed by atoms with E-state index in [1.165, 1.54) is 19.1 Å². The minimum atomic E-state index is -1.09. The second-order valence-corrected chi connectivity index (χ2v) is 7.86. The van der Waals surface area contributed by atoms with Crippen LogP contribution >= 0.6 is 15.9 Å². The van der Waals surface area contributed by atoms with Crippen molar-refractivity contribution in [1.82, 2.24) is 4.98 Å². The van der Waals surface area contributed by atoms with Crippen LogP contribution in [0.3, 0.4) is 0 Å². The van der Waals surface area contributed by atoms with Crippen molar-refractivity contribution in [2.45, 2.75) is 32.3 Å². The van der Waals surface area contributed by atoms with Gasteiger partial charge in [-0.1, -0.05) is 34.1 Å². The second-order valence-electron chi connectivity index (χ2n) is 6.94. The average Bonchev–Trinajstić information content (AvgIpc) is 3.15. The zero-order valence-electron chi connectivity index (χ0n) is 15.7. The number of pyridine rings is 1. The molecule has 5 nitrogen and oxygen atoms in total. The minimum Gasteiger partial charge on any atom is -0.449 e. The summed E-state index contributed by atoms with van der Waals surface area (Å²) in [7, 11) is 0. The largest absolute Gasteiger partial charge is 0.449 e. The van der Waals surface area contributed by atoms with Gasteiger partial charge in [-0.25, -0.2) is 9.18 Å². The Kier molecular flexibility index (Phi) is 5.32. The number of hydrogen-bond acceptors (Lipinski definition) is 4. The Balaban J connectivity index is 1.57. The van der Waals surface area contributed by atoms with Gasteiger partial charge in [-0.15, -0.1) is 0 Å². The number of aromatic nitrogens is 1. The summed E-state index contributed by atoms with van der Waals surface area (Å²) in [4.78, 5) is 30.1. The molecule has 1 amide bonds. The number of hydrogen-bond donors (Lipinski definition) is 1. The summed E-state index contributed by atoms with van der Waals surface area (Å²) < 4.78 is 20.0. The van der Waals surface area contributed by atoms with Gasteiger partial charge < -0.3 is 10.1 Å². The number of nitrogens with one attached hydrogen (secondary N) is 1. The van der Waals surface area contributed by atoms with Crippen LogP contribution in [0.25, 0.3) is 10.9 Å². The summed E-state index contributed by atoms with van der Waals surface area (Å²) in [6, 6.07) is 11.7. The lowest BCUT2D eigenvalue weighted by Crippen LogP contribution is -2.30. The number of fused-ring (bicyclic) bond motifs is 2. The Bertz CT molecular complexity index is 1130. The van der Waals surface area contributed by atoms with Gasteiger partial charge in [-0.2, -0.15) is 0 Å². The quantitative estimate of drug-likeness (QED) is 0.572. The van der Waals surface area contributed by atoms with Crippen LogP contribution in [0.4, 0.5) is 10.1 Å². The van der Waals surface area contributed by atoms with E-state index in [-0.39, 0.29) is 5.69 Å². The van der Waals surface area contributed by atoms with Gasteiger partial charge >= 0.3 is 5.97 Å². The number of rotatable bonds is 4. The average molecular weight is 457 g/mol. The molecule has 0 saturated carbocycles. The maximum Gasteiger partial charge on any atom is 0.339 e. The molecular weight excluding hydrogens is 439 g/mol. The number of benzene rings is 2. The molecule has 0 bridgehead atoms. The fourth-order valence-electron chi connectivity index (χ4n) is 3.54. The van der Waals surface area contributed by atoms with Crippen molar-refractivity contribution in [3.63, 3.8) is 0 Å². The molecule has 1 heterocycles. The van der Waals surface area contributed by atoms with E-state index in [1.807, 2.05) is 24.3 Å². The summed E-state index contributed by atoms with van der Waals surface area (Å²) in [5, 5.41) is 3.17. The number of carbonyl (C=O) groups excluding carboxylic acids is 2. The van der Waals surface area contributed by atoms with Crippen LogP contribution in [-0.2, 0) is 22.4 Å². The zero-order valence-corrected chi connectivity index (χ0v) is 17.3. The van der Waals surface area contributed by atoms with Crippen molar-refractivity contribution in [3.05, 3.63) is 69.6 Å². The molecule has 7 heteroatoms. The van der Waals surface area contributed by atoms with Crippen molar-refractivity contribution >= 4 is 44.4 Å². The van der Waals surface area contributed by atoms with Gasteiger partial charge in [0.1, 0.15) is 5.82 Å². The van der Waals surface area contributed by atoms with Crippen molar-refractivity contribution < 1.29 is 18.7 Å². The third-order valence-electron chi connectivity index (χ3n) is 4.97. The van der Waals surface area contributed by atoms with E-state index in [9.17, 15) is 14.0 Å². The van der Waals surface area contributed by atoms with Gasteiger partial charge in [-0.3, -0.25) is 9.78 Å². The molecule has 1 aromatic heterocycles. The zero-order chi connectivity index (χ0) is 20.5. The van der Waals surface area contributed by atoms with E-state index in [0.717, 1.165) is 36.0 Å². The molecule has 4 rings (SSSR count). The number of anilines is 1. The number of amides is 1. The molecule has 0 aliphatic heterocycles. The Morgan fingerprint density at radius 2 is 2.00 bits per heavy atom. The highest BCUT2D eigenvalue weighted by Gasteiger charge is 2.27. The number of halogens is 2. The van der Waals surface area contributed by atoms with Gasteiger partial charge in [0.25, 0.3) is 5.91 Å². The van der Waals surface area contributed by atoms with Crippen LogP contribution in [0, 0.1) is 5.82 Å². The highest BCUT2D eigenvalue weighted by molar-refractivity contribution is 9.10. The number of nitrogens with zero attached hydrogens (tertiary/aromatic N) is 1. The van der Waals surface area contributed by atoms with Crippen LogP contribution in [0.2, 0.25) is 0 Å². The lowest BCUT2D eigenvalue weighted by Gasteiger charge is -2.16. The highest BCUT2D eigenvalue weighted by Crippen LogP contribution is 2.30. The van der Waals surface area contributed by atoms with Crippen molar-refractivity contribution in [2.24, 2.45) is 0 Å². The van der Waals surface area contributed by atoms with E-state index in [1.54, 1.807) is 6.07 Å². The summed E-state index contributed by atoms with van der Waals surface area (Å²) in [6.07, 6.45) is 1.41. The number of ether oxygens (including phenoxy) is 1. The molecule has 2 aromatic carbocycles. The molecule has 1 aliphatic carbocycles. The van der Waals surface area contributed by atoms with Gasteiger partial charge in [-0.05, 0) is 56.0 Å². The van der Waals surface area contributed by atoms with Crippen molar-refractivity contribution in [3.8, 4) is 0 Å². The summed E-state index contributed by atoms with van der Waals surface area (Å²) in [5.74, 6) is -1.75. The number of para-hydroxylation sites is 1. The summed E-state index contributed by atoms with van der Waals surface area (Å²) >= 11 is 3.17. The van der Waals surface area contributed by atoms with E-state index < -0.39 is 23.8 Å². The van der Waals surface area contributed by atoms with E-state index in [4.69, 9.17) is 4.74 Å². The van der Waals surface area contributed by atoms with Crippen LogP contribution < -0.4 is 5.32 Å². The Morgan fingerprint density at radius 1 is 1.21 bits per heavy atom. The van der Waals surface area contributed by atoms with Gasteiger partial charge in [0, 0.05) is 15.6 Å². The molecule has 0 fully saturated rings. The first-order valence-corrected chi connectivity index (χ1v) is 10.1. The van der Waals surface area contributed by atoms with Crippen LogP contribution in [0.1, 0.15) is 35.0 Å². The van der Waals surface area contributed by atoms with E-state index in [2.05, 4.69) is 26.2 Å². The molecule has 1 atom stereocenters. The number of esters is 1. The van der Waals surface area contributed by atoms with Crippen molar-refractivity contribution in [2.75, 3.05) is 5.32 Å². The molecule has 0 spiro atoms. The maximum atomic E-state index is 14.0. The smallest absolute Gasteiger partial charge is 0.339 e. The third kappa shape index (κ3) is 3.87. The first kappa shape index (κ1) is 19.5. The Hall–Kier alpha value is -2.80. The van der Waals surface area contributed by atoms with E-state index in [0.29, 0.717) is 15.4 Å². The molecule has 3 aromatic rings. The monoisotopic (exact) mass is 456 g/mol. The molecule has 0 radical (unpaired) electrons. The normalized spacial score (nSPS) is 13.8. The first-order chi connectivity index (χ1) is 13.9. The first-order valence-electron chi connectivity index (χ1n) is 9.31. The Labute approximate surface area is 175 Å². The summed E-state index contributed by atoms with van der Waals surface area (Å²) in [6.45, 7) is 1.47. The molecule has 29 heavy (non-hydrogen) atoms. The lowest BCUT2D eigenvalue weighted by molar-refractivity contribution is -0.123. The van der Waals surface area contributed by atoms with Crippen LogP contribution in [0.5, 0.6) is 0 Å². The SMILES string of the molecule is CC(OC(=O)c1c2c(nc3ccccc13)CCC2)C(=O)Nc1ccc(Br)cc1F. The summed E-state index contributed by atoms with van der Waals surface area (Å²) in [5.41, 5.74) is 3.02. The molecular formula is C22H18BrFN2O3. The molecule has 1 unspecified atom stereocenters. The van der Waals surface area contributed by atoms with Gasteiger partial charge in [0.15, 0.2) is 6.10 Å². The molecule has 148 valence electrons. The van der Waals surface area contributed by atoms with Crippen LogP contribution in [-0.4, -0.2) is 23.0 Å². The predicted octanol–water partition coefficient (Wildman–Crippen LogP) is 4.81. The Morgan fingerprint density at radius 3 is 2.79 bits per heavy atom. The number of aryl methyl sites for hydroxylation is 1. The standard InChI is InChI=1S/C22H18BrFN2O3/c1-12(21(27)26-19-10-9-13(23)11-16(19)24)29-22(28)20-14-5-2-3-7-17(14)25-18-8-4-6-15(18)20/h2-3,5,7,9-12H,4,6,8H2,1H3,(H,26,27). The fraction of sp³-hybridized carbons (Fsp3) is 0.227. The lowest BCUT2D eigenvalue weighted by atomic mass is 10.0. The topological polar surface area (TPSA) is 68.3 Å². The maximum absolute atomic E-state index is 14.0. The fourth-order valence-corrected chi connectivity index (χ4v) is 3.88. The van der Waals surface area contributed by atoms with E-state index >= 15 is 0 Å². The van der Waals surface area contributed by atoms with Gasteiger partial charge in [0.05, 0.1) is 16.8 Å². The minimum absolute atomic E-state index is 0.0244. The molecule has 1 aliphatic rings. The van der Waals surface area contributed by atoms with Crippen LogP contribution in [0.15, 0.2) is 46.9 Å². The van der Waals surface area contributed by atoms with Crippen molar-refractivity contribution in [1.29, 1.82) is 0 Å². The third-order valence-corrected chi connectivity index (χ3v) is 5.46.